The Hall–Kier alpha value is -2.86. The SMILES string of the molecule is Cc1cccc(OCC(=O)Nc2ccc(CC(=O)N3CCOCC3)cc2)c1. The van der Waals surface area contributed by atoms with Gasteiger partial charge in [-0.15, -0.1) is 0 Å². The molecule has 0 unspecified atom stereocenters. The highest BCUT2D eigenvalue weighted by atomic mass is 16.5. The molecular formula is C21H24N2O4. The molecular weight excluding hydrogens is 344 g/mol. The predicted molar refractivity (Wildman–Crippen MR) is 103 cm³/mol. The average molecular weight is 368 g/mol. The van der Waals surface area contributed by atoms with Crippen molar-refractivity contribution in [3.05, 3.63) is 59.7 Å². The molecule has 0 atom stereocenters. The van der Waals surface area contributed by atoms with E-state index in [4.69, 9.17) is 9.47 Å². The monoisotopic (exact) mass is 368 g/mol. The zero-order valence-corrected chi connectivity index (χ0v) is 15.4. The molecule has 27 heavy (non-hydrogen) atoms. The molecule has 2 amide bonds. The minimum absolute atomic E-state index is 0.0548. The van der Waals surface area contributed by atoms with Crippen LogP contribution in [0.5, 0.6) is 5.75 Å². The van der Waals surface area contributed by atoms with E-state index < -0.39 is 0 Å². The molecule has 0 aromatic heterocycles. The van der Waals surface area contributed by atoms with Gasteiger partial charge in [0.1, 0.15) is 5.75 Å². The van der Waals surface area contributed by atoms with Gasteiger partial charge in [0.15, 0.2) is 6.61 Å². The van der Waals surface area contributed by atoms with Gasteiger partial charge < -0.3 is 19.7 Å². The number of nitrogens with one attached hydrogen (secondary N) is 1. The zero-order chi connectivity index (χ0) is 19.1. The number of aryl methyl sites for hydroxylation is 1. The van der Waals surface area contributed by atoms with Gasteiger partial charge in [0.2, 0.25) is 5.91 Å². The van der Waals surface area contributed by atoms with Crippen LogP contribution in [0, 0.1) is 6.92 Å². The molecule has 3 rings (SSSR count). The van der Waals surface area contributed by atoms with Crippen molar-refractivity contribution in [2.45, 2.75) is 13.3 Å². The number of nitrogens with zero attached hydrogens (tertiary/aromatic N) is 1. The Bertz CT molecular complexity index is 783. The summed E-state index contributed by atoms with van der Waals surface area (Å²) >= 11 is 0. The highest BCUT2D eigenvalue weighted by molar-refractivity contribution is 5.92. The zero-order valence-electron chi connectivity index (χ0n) is 15.4. The van der Waals surface area contributed by atoms with Gasteiger partial charge in [0.25, 0.3) is 5.91 Å². The lowest BCUT2D eigenvalue weighted by Crippen LogP contribution is -2.41. The van der Waals surface area contributed by atoms with Crippen molar-refractivity contribution >= 4 is 17.5 Å². The van der Waals surface area contributed by atoms with Crippen molar-refractivity contribution in [3.8, 4) is 5.75 Å². The van der Waals surface area contributed by atoms with Gasteiger partial charge in [-0.05, 0) is 42.3 Å². The number of benzene rings is 2. The number of amides is 2. The summed E-state index contributed by atoms with van der Waals surface area (Å²) in [6.45, 7) is 4.41. The van der Waals surface area contributed by atoms with Crippen LogP contribution in [0.1, 0.15) is 11.1 Å². The highest BCUT2D eigenvalue weighted by Gasteiger charge is 2.16. The van der Waals surface area contributed by atoms with E-state index >= 15 is 0 Å². The number of carbonyl (C=O) groups is 2. The first-order valence-electron chi connectivity index (χ1n) is 9.04. The van der Waals surface area contributed by atoms with E-state index in [1.165, 1.54) is 0 Å². The van der Waals surface area contributed by atoms with Gasteiger partial charge in [-0.1, -0.05) is 24.3 Å². The molecule has 0 saturated carbocycles. The second-order valence-corrected chi connectivity index (χ2v) is 6.52. The van der Waals surface area contributed by atoms with Gasteiger partial charge in [-0.3, -0.25) is 9.59 Å². The maximum atomic E-state index is 12.3. The molecule has 1 N–H and O–H groups in total. The van der Waals surface area contributed by atoms with E-state index in [0.717, 1.165) is 11.1 Å². The maximum Gasteiger partial charge on any atom is 0.262 e. The summed E-state index contributed by atoms with van der Waals surface area (Å²) < 4.78 is 10.8. The minimum Gasteiger partial charge on any atom is -0.484 e. The molecule has 0 spiro atoms. The predicted octanol–water partition coefficient (Wildman–Crippen LogP) is 2.41. The molecule has 6 heteroatoms. The molecule has 142 valence electrons. The Balaban J connectivity index is 1.46. The molecule has 0 radical (unpaired) electrons. The van der Waals surface area contributed by atoms with Gasteiger partial charge in [0, 0.05) is 18.8 Å². The van der Waals surface area contributed by atoms with E-state index in [2.05, 4.69) is 5.32 Å². The summed E-state index contributed by atoms with van der Waals surface area (Å²) in [7, 11) is 0. The third kappa shape index (κ3) is 5.82. The quantitative estimate of drug-likeness (QED) is 0.850. The third-order valence-electron chi connectivity index (χ3n) is 4.32. The topological polar surface area (TPSA) is 67.9 Å². The Labute approximate surface area is 159 Å². The number of carbonyl (C=O) groups excluding carboxylic acids is 2. The van der Waals surface area contributed by atoms with Gasteiger partial charge >= 0.3 is 0 Å². The lowest BCUT2D eigenvalue weighted by molar-refractivity contribution is -0.134. The molecule has 0 aliphatic carbocycles. The molecule has 0 bridgehead atoms. The van der Waals surface area contributed by atoms with Crippen LogP contribution in [0.15, 0.2) is 48.5 Å². The summed E-state index contributed by atoms with van der Waals surface area (Å²) in [5.74, 6) is 0.539. The van der Waals surface area contributed by atoms with Crippen molar-refractivity contribution in [3.63, 3.8) is 0 Å². The fourth-order valence-corrected chi connectivity index (χ4v) is 2.86. The standard InChI is InChI=1S/C21H24N2O4/c1-16-3-2-4-19(13-16)27-15-20(24)22-18-7-5-17(6-8-18)14-21(25)23-9-11-26-12-10-23/h2-8,13H,9-12,14-15H2,1H3,(H,22,24). The van der Waals surface area contributed by atoms with E-state index in [1.807, 2.05) is 48.2 Å². The molecule has 2 aromatic carbocycles. The Morgan fingerprint density at radius 1 is 1.11 bits per heavy atom. The first-order chi connectivity index (χ1) is 13.1. The van der Waals surface area contributed by atoms with E-state index in [1.54, 1.807) is 12.1 Å². The number of hydrogen-bond donors (Lipinski definition) is 1. The highest BCUT2D eigenvalue weighted by Crippen LogP contribution is 2.14. The van der Waals surface area contributed by atoms with Gasteiger partial charge in [-0.25, -0.2) is 0 Å². The van der Waals surface area contributed by atoms with Gasteiger partial charge in [0.05, 0.1) is 19.6 Å². The Morgan fingerprint density at radius 3 is 2.56 bits per heavy atom. The molecule has 1 saturated heterocycles. The summed E-state index contributed by atoms with van der Waals surface area (Å²) in [5.41, 5.74) is 2.67. The van der Waals surface area contributed by atoms with Crippen LogP contribution in [0.2, 0.25) is 0 Å². The second-order valence-electron chi connectivity index (χ2n) is 6.52. The number of rotatable bonds is 6. The maximum absolute atomic E-state index is 12.3. The van der Waals surface area contributed by atoms with Crippen molar-refractivity contribution < 1.29 is 19.1 Å². The number of anilines is 1. The van der Waals surface area contributed by atoms with Crippen LogP contribution in [-0.4, -0.2) is 49.6 Å². The average Bonchev–Trinajstić information content (AvgIpc) is 2.69. The summed E-state index contributed by atoms with van der Waals surface area (Å²) in [6, 6.07) is 14.9. The van der Waals surface area contributed by atoms with Crippen LogP contribution in [-0.2, 0) is 20.7 Å². The fraction of sp³-hybridized carbons (Fsp3) is 0.333. The summed E-state index contributed by atoms with van der Waals surface area (Å²) in [5, 5.41) is 2.79. The van der Waals surface area contributed by atoms with Crippen molar-refractivity contribution in [2.75, 3.05) is 38.2 Å². The molecule has 1 fully saturated rings. The largest absolute Gasteiger partial charge is 0.484 e. The Kier molecular flexibility index (Phi) is 6.44. The second kappa shape index (κ2) is 9.19. The van der Waals surface area contributed by atoms with Gasteiger partial charge in [-0.2, -0.15) is 0 Å². The lowest BCUT2D eigenvalue weighted by atomic mass is 10.1. The first-order valence-corrected chi connectivity index (χ1v) is 9.04. The molecule has 1 heterocycles. The molecule has 1 aliphatic rings. The van der Waals surface area contributed by atoms with Crippen LogP contribution < -0.4 is 10.1 Å². The first kappa shape index (κ1) is 18.9. The van der Waals surface area contributed by atoms with Crippen molar-refractivity contribution in [1.29, 1.82) is 0 Å². The van der Waals surface area contributed by atoms with Crippen LogP contribution in [0.3, 0.4) is 0 Å². The van der Waals surface area contributed by atoms with E-state index in [0.29, 0.717) is 44.2 Å². The molecule has 6 nitrogen and oxygen atoms in total. The number of hydrogen-bond acceptors (Lipinski definition) is 4. The Morgan fingerprint density at radius 2 is 1.85 bits per heavy atom. The smallest absolute Gasteiger partial charge is 0.262 e. The lowest BCUT2D eigenvalue weighted by Gasteiger charge is -2.26. The normalized spacial score (nSPS) is 13.9. The summed E-state index contributed by atoms with van der Waals surface area (Å²) in [6.07, 6.45) is 0.352. The minimum atomic E-state index is -0.228. The fourth-order valence-electron chi connectivity index (χ4n) is 2.86. The number of ether oxygens (including phenoxy) is 2. The summed E-state index contributed by atoms with van der Waals surface area (Å²) in [4.78, 5) is 26.1. The molecule has 1 aliphatic heterocycles. The number of morpholine rings is 1. The third-order valence-corrected chi connectivity index (χ3v) is 4.32. The van der Waals surface area contributed by atoms with Crippen molar-refractivity contribution in [1.82, 2.24) is 4.90 Å². The van der Waals surface area contributed by atoms with E-state index in [9.17, 15) is 9.59 Å². The van der Waals surface area contributed by atoms with E-state index in [-0.39, 0.29) is 18.4 Å². The molecule has 2 aromatic rings. The van der Waals surface area contributed by atoms with Crippen LogP contribution >= 0.6 is 0 Å². The van der Waals surface area contributed by atoms with Crippen LogP contribution in [0.25, 0.3) is 0 Å². The van der Waals surface area contributed by atoms with Crippen molar-refractivity contribution in [2.24, 2.45) is 0 Å². The van der Waals surface area contributed by atoms with Crippen LogP contribution in [0.4, 0.5) is 5.69 Å².